The van der Waals surface area contributed by atoms with E-state index >= 15 is 0 Å². The first-order chi connectivity index (χ1) is 7.47. The molecule has 0 bridgehead atoms. The highest BCUT2D eigenvalue weighted by atomic mass is 16.5. The Balaban J connectivity index is 3.81. The van der Waals surface area contributed by atoms with Crippen molar-refractivity contribution in [3.8, 4) is 0 Å². The van der Waals surface area contributed by atoms with Crippen molar-refractivity contribution in [1.82, 2.24) is 0 Å². The molecule has 5 heteroatoms. The second-order valence-corrected chi connectivity index (χ2v) is 3.69. The molecule has 0 saturated heterocycles. The Kier molecular flexibility index (Phi) is 7.80. The maximum Gasteiger partial charge on any atom is 0.305 e. The summed E-state index contributed by atoms with van der Waals surface area (Å²) < 4.78 is 4.44. The molecule has 0 aliphatic carbocycles. The Morgan fingerprint density at radius 2 is 2.00 bits per heavy atom. The van der Waals surface area contributed by atoms with Gasteiger partial charge in [-0.05, 0) is 13.3 Å². The first-order valence-electron chi connectivity index (χ1n) is 5.25. The standard InChI is InChI=1S/C11H20O5/c1-8(12)7-10(14)9(13)5-3-4-6-11(15)16-2/h3,5,8-10,12-14H,4,6-7H2,1-2H3. The number of aliphatic hydroxyl groups is 3. The number of hydrogen-bond acceptors (Lipinski definition) is 5. The van der Waals surface area contributed by atoms with Crippen LogP contribution < -0.4 is 0 Å². The third-order valence-electron chi connectivity index (χ3n) is 2.05. The molecule has 0 heterocycles. The van der Waals surface area contributed by atoms with Crippen LogP contribution in [0.4, 0.5) is 0 Å². The highest BCUT2D eigenvalue weighted by Crippen LogP contribution is 2.05. The minimum Gasteiger partial charge on any atom is -0.469 e. The van der Waals surface area contributed by atoms with Gasteiger partial charge in [-0.15, -0.1) is 0 Å². The number of rotatable bonds is 7. The van der Waals surface area contributed by atoms with Crippen molar-refractivity contribution >= 4 is 5.97 Å². The van der Waals surface area contributed by atoms with E-state index in [2.05, 4.69) is 4.74 Å². The average molecular weight is 232 g/mol. The molecule has 0 aromatic heterocycles. The number of carbonyl (C=O) groups excluding carboxylic acids is 1. The summed E-state index contributed by atoms with van der Waals surface area (Å²) in [5, 5.41) is 27.8. The Bertz CT molecular complexity index is 224. The molecule has 0 aromatic rings. The monoisotopic (exact) mass is 232 g/mol. The first-order valence-corrected chi connectivity index (χ1v) is 5.25. The van der Waals surface area contributed by atoms with E-state index in [1.807, 2.05) is 0 Å². The van der Waals surface area contributed by atoms with Crippen LogP contribution in [0.2, 0.25) is 0 Å². The predicted octanol–water partition coefficient (Wildman–Crippen LogP) is -0.0115. The van der Waals surface area contributed by atoms with Crippen LogP contribution in [0.15, 0.2) is 12.2 Å². The first kappa shape index (κ1) is 15.1. The summed E-state index contributed by atoms with van der Waals surface area (Å²) in [6.07, 6.45) is 1.15. The quantitative estimate of drug-likeness (QED) is 0.424. The molecule has 0 aliphatic heterocycles. The van der Waals surface area contributed by atoms with Gasteiger partial charge < -0.3 is 20.1 Å². The van der Waals surface area contributed by atoms with E-state index < -0.39 is 18.3 Å². The molecule has 0 rings (SSSR count). The van der Waals surface area contributed by atoms with Crippen LogP contribution in [0.1, 0.15) is 26.2 Å². The molecule has 0 fully saturated rings. The Labute approximate surface area is 95.4 Å². The van der Waals surface area contributed by atoms with Crippen LogP contribution in [-0.4, -0.2) is 46.7 Å². The van der Waals surface area contributed by atoms with Crippen LogP contribution >= 0.6 is 0 Å². The number of carbonyl (C=O) groups is 1. The van der Waals surface area contributed by atoms with Gasteiger partial charge in [0.1, 0.15) is 0 Å². The van der Waals surface area contributed by atoms with E-state index in [1.54, 1.807) is 6.08 Å². The van der Waals surface area contributed by atoms with Gasteiger partial charge in [0.25, 0.3) is 0 Å². The zero-order valence-electron chi connectivity index (χ0n) is 9.67. The molecule has 94 valence electrons. The van der Waals surface area contributed by atoms with Gasteiger partial charge in [0.15, 0.2) is 0 Å². The minimum absolute atomic E-state index is 0.114. The van der Waals surface area contributed by atoms with Crippen LogP contribution in [-0.2, 0) is 9.53 Å². The van der Waals surface area contributed by atoms with E-state index in [4.69, 9.17) is 5.11 Å². The van der Waals surface area contributed by atoms with E-state index in [-0.39, 0.29) is 18.8 Å². The maximum absolute atomic E-state index is 10.7. The van der Waals surface area contributed by atoms with Crippen LogP contribution in [0.3, 0.4) is 0 Å². The van der Waals surface area contributed by atoms with Crippen molar-refractivity contribution in [2.45, 2.75) is 44.5 Å². The topological polar surface area (TPSA) is 87.0 Å². The summed E-state index contributed by atoms with van der Waals surface area (Å²) in [4.78, 5) is 10.7. The second-order valence-electron chi connectivity index (χ2n) is 3.69. The normalized spacial score (nSPS) is 17.1. The summed E-state index contributed by atoms with van der Waals surface area (Å²) >= 11 is 0. The van der Waals surface area contributed by atoms with Crippen molar-refractivity contribution in [1.29, 1.82) is 0 Å². The van der Waals surface area contributed by atoms with Gasteiger partial charge in [-0.3, -0.25) is 4.79 Å². The number of ether oxygens (including phenoxy) is 1. The minimum atomic E-state index is -1.02. The van der Waals surface area contributed by atoms with Gasteiger partial charge in [-0.2, -0.15) is 0 Å². The van der Waals surface area contributed by atoms with E-state index in [0.717, 1.165) is 0 Å². The van der Waals surface area contributed by atoms with E-state index in [1.165, 1.54) is 20.1 Å². The highest BCUT2D eigenvalue weighted by Gasteiger charge is 2.15. The molecule has 3 atom stereocenters. The van der Waals surface area contributed by atoms with Crippen molar-refractivity contribution < 1.29 is 24.9 Å². The van der Waals surface area contributed by atoms with Gasteiger partial charge in [0.05, 0.1) is 25.4 Å². The Morgan fingerprint density at radius 3 is 2.50 bits per heavy atom. The van der Waals surface area contributed by atoms with E-state index in [9.17, 15) is 15.0 Å². The smallest absolute Gasteiger partial charge is 0.305 e. The lowest BCUT2D eigenvalue weighted by atomic mass is 10.1. The van der Waals surface area contributed by atoms with E-state index in [0.29, 0.717) is 6.42 Å². The molecule has 0 radical (unpaired) electrons. The highest BCUT2D eigenvalue weighted by molar-refractivity contribution is 5.69. The SMILES string of the molecule is COC(=O)CCC=CC(O)C(O)CC(C)O. The van der Waals surface area contributed by atoms with Crippen molar-refractivity contribution in [3.63, 3.8) is 0 Å². The molecule has 3 N–H and O–H groups in total. The Hall–Kier alpha value is -0.910. The lowest BCUT2D eigenvalue weighted by molar-refractivity contribution is -0.140. The van der Waals surface area contributed by atoms with Gasteiger partial charge in [0.2, 0.25) is 0 Å². The molecular weight excluding hydrogens is 212 g/mol. The molecule has 0 aromatic carbocycles. The van der Waals surface area contributed by atoms with Gasteiger partial charge in [-0.1, -0.05) is 12.2 Å². The van der Waals surface area contributed by atoms with Crippen LogP contribution in [0.5, 0.6) is 0 Å². The van der Waals surface area contributed by atoms with Crippen LogP contribution in [0.25, 0.3) is 0 Å². The molecule has 0 amide bonds. The molecule has 0 aliphatic rings. The van der Waals surface area contributed by atoms with Gasteiger partial charge >= 0.3 is 5.97 Å². The molecular formula is C11H20O5. The summed E-state index contributed by atoms with van der Waals surface area (Å²) in [6, 6.07) is 0. The van der Waals surface area contributed by atoms with Crippen molar-refractivity contribution in [2.75, 3.05) is 7.11 Å². The largest absolute Gasteiger partial charge is 0.469 e. The average Bonchev–Trinajstić information content (AvgIpc) is 2.22. The summed E-state index contributed by atoms with van der Waals surface area (Å²) in [6.45, 7) is 1.54. The Morgan fingerprint density at radius 1 is 1.38 bits per heavy atom. The summed E-state index contributed by atoms with van der Waals surface area (Å²) in [7, 11) is 1.31. The van der Waals surface area contributed by atoms with Crippen LogP contribution in [0, 0.1) is 0 Å². The fourth-order valence-electron chi connectivity index (χ4n) is 1.16. The van der Waals surface area contributed by atoms with Crippen molar-refractivity contribution in [3.05, 3.63) is 12.2 Å². The molecule has 16 heavy (non-hydrogen) atoms. The number of allylic oxidation sites excluding steroid dienone is 1. The number of aliphatic hydroxyl groups excluding tert-OH is 3. The molecule has 0 spiro atoms. The molecule has 0 saturated carbocycles. The molecule has 3 unspecified atom stereocenters. The second kappa shape index (κ2) is 8.27. The summed E-state index contributed by atoms with van der Waals surface area (Å²) in [5.41, 5.74) is 0. The fraction of sp³-hybridized carbons (Fsp3) is 0.727. The predicted molar refractivity (Wildman–Crippen MR) is 58.7 cm³/mol. The maximum atomic E-state index is 10.7. The number of hydrogen-bond donors (Lipinski definition) is 3. The third-order valence-corrected chi connectivity index (χ3v) is 2.05. The number of methoxy groups -OCH3 is 1. The lowest BCUT2D eigenvalue weighted by Crippen LogP contribution is -2.27. The fourth-order valence-corrected chi connectivity index (χ4v) is 1.16. The van der Waals surface area contributed by atoms with Gasteiger partial charge in [-0.25, -0.2) is 0 Å². The zero-order valence-corrected chi connectivity index (χ0v) is 9.67. The van der Waals surface area contributed by atoms with Gasteiger partial charge in [0, 0.05) is 12.8 Å². The number of esters is 1. The lowest BCUT2D eigenvalue weighted by Gasteiger charge is -2.15. The zero-order chi connectivity index (χ0) is 12.6. The third kappa shape index (κ3) is 7.39. The summed E-state index contributed by atoms with van der Waals surface area (Å²) in [5.74, 6) is -0.316. The molecule has 5 nitrogen and oxygen atoms in total. The van der Waals surface area contributed by atoms with Crippen molar-refractivity contribution in [2.24, 2.45) is 0 Å².